The molecule has 1 aromatic heterocycles. The van der Waals surface area contributed by atoms with Crippen molar-refractivity contribution in [1.29, 1.82) is 0 Å². The first-order valence-electron chi connectivity index (χ1n) is 6.04. The highest BCUT2D eigenvalue weighted by Crippen LogP contribution is 2.23. The van der Waals surface area contributed by atoms with E-state index in [4.69, 9.17) is 10.5 Å². The van der Waals surface area contributed by atoms with Crippen LogP contribution >= 0.6 is 0 Å². The molecule has 0 fully saturated rings. The Hall–Kier alpha value is -2.10. The molecule has 94 valence electrons. The van der Waals surface area contributed by atoms with Crippen LogP contribution in [0.25, 0.3) is 0 Å². The lowest BCUT2D eigenvalue weighted by molar-refractivity contribution is 0.441. The molecule has 4 nitrogen and oxygen atoms in total. The molecule has 0 aliphatic heterocycles. The molecule has 2 rings (SSSR count). The largest absolute Gasteiger partial charge is 0.424 e. The molecule has 0 saturated carbocycles. The van der Waals surface area contributed by atoms with Gasteiger partial charge in [-0.25, -0.2) is 9.97 Å². The van der Waals surface area contributed by atoms with Gasteiger partial charge in [0.2, 0.25) is 0 Å². The van der Waals surface area contributed by atoms with Crippen LogP contribution in [-0.4, -0.2) is 9.97 Å². The first kappa shape index (κ1) is 12.4. The fraction of sp³-hybridized carbons (Fsp3) is 0.286. The summed E-state index contributed by atoms with van der Waals surface area (Å²) in [6.07, 6.45) is 4.17. The van der Waals surface area contributed by atoms with Crippen molar-refractivity contribution in [1.82, 2.24) is 9.97 Å². The van der Waals surface area contributed by atoms with Crippen LogP contribution in [-0.2, 0) is 0 Å². The van der Waals surface area contributed by atoms with E-state index < -0.39 is 0 Å². The molecule has 1 heterocycles. The summed E-state index contributed by atoms with van der Waals surface area (Å²) in [5.41, 5.74) is 7.34. The fourth-order valence-electron chi connectivity index (χ4n) is 1.58. The molecule has 2 N–H and O–H groups in total. The van der Waals surface area contributed by atoms with Crippen molar-refractivity contribution in [3.8, 4) is 11.8 Å². The van der Waals surface area contributed by atoms with Gasteiger partial charge in [-0.3, -0.25) is 0 Å². The second-order valence-corrected chi connectivity index (χ2v) is 4.28. The van der Waals surface area contributed by atoms with Crippen LogP contribution in [0.3, 0.4) is 0 Å². The zero-order valence-corrected chi connectivity index (χ0v) is 10.6. The van der Waals surface area contributed by atoms with Gasteiger partial charge in [0, 0.05) is 0 Å². The number of hydrogen-bond acceptors (Lipinski definition) is 4. The minimum absolute atomic E-state index is 0.306. The summed E-state index contributed by atoms with van der Waals surface area (Å²) < 4.78 is 5.52. The number of ether oxygens (including phenoxy) is 1. The standard InChI is InChI=1S/C14H17N3O/c1-3-10(2)11-4-6-13(7-5-11)18-14-16-8-12(15)9-17-14/h4-10H,3,15H2,1-2H3. The van der Waals surface area contributed by atoms with E-state index in [1.165, 1.54) is 18.0 Å². The number of nitrogens with zero attached hydrogens (tertiary/aromatic N) is 2. The maximum Gasteiger partial charge on any atom is 0.322 e. The second-order valence-electron chi connectivity index (χ2n) is 4.28. The van der Waals surface area contributed by atoms with Gasteiger partial charge in [0.15, 0.2) is 0 Å². The van der Waals surface area contributed by atoms with E-state index in [0.29, 0.717) is 17.6 Å². The van der Waals surface area contributed by atoms with Gasteiger partial charge in [0.25, 0.3) is 0 Å². The number of benzene rings is 1. The predicted molar refractivity (Wildman–Crippen MR) is 71.7 cm³/mol. The Kier molecular flexibility index (Phi) is 3.77. The molecule has 4 heteroatoms. The highest BCUT2D eigenvalue weighted by Gasteiger charge is 2.04. The number of aromatic nitrogens is 2. The van der Waals surface area contributed by atoms with E-state index in [1.54, 1.807) is 0 Å². The van der Waals surface area contributed by atoms with Crippen molar-refractivity contribution in [3.05, 3.63) is 42.2 Å². The quantitative estimate of drug-likeness (QED) is 0.894. The first-order valence-corrected chi connectivity index (χ1v) is 6.04. The molecular weight excluding hydrogens is 226 g/mol. The molecule has 2 aromatic rings. The van der Waals surface area contributed by atoms with Crippen LogP contribution in [0.4, 0.5) is 5.69 Å². The molecule has 1 unspecified atom stereocenters. The van der Waals surface area contributed by atoms with Gasteiger partial charge in [0.1, 0.15) is 5.75 Å². The highest BCUT2D eigenvalue weighted by molar-refractivity contribution is 5.33. The van der Waals surface area contributed by atoms with Gasteiger partial charge in [-0.2, -0.15) is 0 Å². The van der Waals surface area contributed by atoms with E-state index in [2.05, 4.69) is 35.9 Å². The normalized spacial score (nSPS) is 12.1. The Labute approximate surface area is 107 Å². The predicted octanol–water partition coefficient (Wildman–Crippen LogP) is 3.36. The van der Waals surface area contributed by atoms with Crippen LogP contribution < -0.4 is 10.5 Å². The molecule has 0 bridgehead atoms. The average Bonchev–Trinajstić information content (AvgIpc) is 2.41. The maximum atomic E-state index is 5.52. The molecule has 0 aliphatic rings. The summed E-state index contributed by atoms with van der Waals surface area (Å²) in [5.74, 6) is 1.29. The number of hydrogen-bond donors (Lipinski definition) is 1. The summed E-state index contributed by atoms with van der Waals surface area (Å²) in [5, 5.41) is 0. The zero-order valence-electron chi connectivity index (χ0n) is 10.6. The van der Waals surface area contributed by atoms with Gasteiger partial charge in [-0.1, -0.05) is 26.0 Å². The lowest BCUT2D eigenvalue weighted by Crippen LogP contribution is -1.95. The molecule has 1 aromatic carbocycles. The monoisotopic (exact) mass is 243 g/mol. The summed E-state index contributed by atoms with van der Waals surface area (Å²) in [7, 11) is 0. The van der Waals surface area contributed by atoms with E-state index in [9.17, 15) is 0 Å². The molecule has 1 atom stereocenters. The van der Waals surface area contributed by atoms with Crippen LogP contribution in [0.15, 0.2) is 36.7 Å². The van der Waals surface area contributed by atoms with Gasteiger partial charge in [-0.05, 0) is 30.0 Å². The lowest BCUT2D eigenvalue weighted by Gasteiger charge is -2.09. The topological polar surface area (TPSA) is 61.0 Å². The van der Waals surface area contributed by atoms with Gasteiger partial charge in [0.05, 0.1) is 18.1 Å². The fourth-order valence-corrected chi connectivity index (χ4v) is 1.58. The summed E-state index contributed by atoms with van der Waals surface area (Å²) >= 11 is 0. The number of rotatable bonds is 4. The van der Waals surface area contributed by atoms with E-state index in [0.717, 1.165) is 12.2 Å². The first-order chi connectivity index (χ1) is 8.69. The van der Waals surface area contributed by atoms with Crippen molar-refractivity contribution >= 4 is 5.69 Å². The molecule has 0 aliphatic carbocycles. The van der Waals surface area contributed by atoms with Crippen LogP contribution in [0, 0.1) is 0 Å². The number of anilines is 1. The Morgan fingerprint density at radius 1 is 1.17 bits per heavy atom. The highest BCUT2D eigenvalue weighted by atomic mass is 16.5. The number of nitrogens with two attached hydrogens (primary N) is 1. The molecule has 18 heavy (non-hydrogen) atoms. The van der Waals surface area contributed by atoms with Gasteiger partial charge >= 0.3 is 6.01 Å². The number of nitrogen functional groups attached to an aromatic ring is 1. The van der Waals surface area contributed by atoms with Crippen LogP contribution in [0.5, 0.6) is 11.8 Å². The van der Waals surface area contributed by atoms with Crippen molar-refractivity contribution in [2.75, 3.05) is 5.73 Å². The molecule has 0 saturated heterocycles. The van der Waals surface area contributed by atoms with E-state index >= 15 is 0 Å². The third kappa shape index (κ3) is 2.97. The Morgan fingerprint density at radius 2 is 1.78 bits per heavy atom. The minimum Gasteiger partial charge on any atom is -0.424 e. The van der Waals surface area contributed by atoms with Gasteiger partial charge in [-0.15, -0.1) is 0 Å². The Balaban J connectivity index is 2.08. The van der Waals surface area contributed by atoms with Crippen LogP contribution in [0.1, 0.15) is 31.7 Å². The molecule has 0 radical (unpaired) electrons. The summed E-state index contributed by atoms with van der Waals surface area (Å²) in [6.45, 7) is 4.39. The van der Waals surface area contributed by atoms with Crippen molar-refractivity contribution in [3.63, 3.8) is 0 Å². The van der Waals surface area contributed by atoms with E-state index in [-0.39, 0.29) is 0 Å². The maximum absolute atomic E-state index is 5.52. The zero-order chi connectivity index (χ0) is 13.0. The third-order valence-corrected chi connectivity index (χ3v) is 2.92. The Morgan fingerprint density at radius 3 is 2.33 bits per heavy atom. The third-order valence-electron chi connectivity index (χ3n) is 2.92. The molecular formula is C14H17N3O. The second kappa shape index (κ2) is 5.49. The lowest BCUT2D eigenvalue weighted by atomic mass is 9.99. The molecule has 0 spiro atoms. The summed E-state index contributed by atoms with van der Waals surface area (Å²) in [4.78, 5) is 7.98. The van der Waals surface area contributed by atoms with Crippen molar-refractivity contribution in [2.45, 2.75) is 26.2 Å². The average molecular weight is 243 g/mol. The minimum atomic E-state index is 0.306. The van der Waals surface area contributed by atoms with Gasteiger partial charge < -0.3 is 10.5 Å². The van der Waals surface area contributed by atoms with Crippen molar-refractivity contribution < 1.29 is 4.74 Å². The molecule has 0 amide bonds. The Bertz CT molecular complexity index is 493. The summed E-state index contributed by atoms with van der Waals surface area (Å²) in [6, 6.07) is 8.31. The smallest absolute Gasteiger partial charge is 0.322 e. The SMILES string of the molecule is CCC(C)c1ccc(Oc2ncc(N)cn2)cc1. The van der Waals surface area contributed by atoms with E-state index in [1.807, 2.05) is 12.1 Å². The van der Waals surface area contributed by atoms with Crippen molar-refractivity contribution in [2.24, 2.45) is 0 Å². The van der Waals surface area contributed by atoms with Crippen LogP contribution in [0.2, 0.25) is 0 Å².